The summed E-state index contributed by atoms with van der Waals surface area (Å²) < 4.78 is 25.5. The highest BCUT2D eigenvalue weighted by Crippen LogP contribution is 2.17. The zero-order valence-electron chi connectivity index (χ0n) is 18.5. The van der Waals surface area contributed by atoms with Crippen molar-refractivity contribution in [3.8, 4) is 0 Å². The number of carbonyl (C=O) groups is 1. The minimum Gasteiger partial charge on any atom is -0.369 e. The molecular weight excluding hydrogens is 412 g/mol. The lowest BCUT2D eigenvalue weighted by molar-refractivity contribution is -0.121. The van der Waals surface area contributed by atoms with Crippen LogP contribution in [0.4, 0.5) is 5.69 Å². The smallest absolute Gasteiger partial charge is 0.235 e. The van der Waals surface area contributed by atoms with Crippen LogP contribution in [-0.4, -0.2) is 69.6 Å². The third kappa shape index (κ3) is 7.05. The van der Waals surface area contributed by atoms with E-state index in [2.05, 4.69) is 34.3 Å². The van der Waals surface area contributed by atoms with Gasteiger partial charge in [-0.2, -0.15) is 4.31 Å². The summed E-state index contributed by atoms with van der Waals surface area (Å²) in [4.78, 5) is 17.1. The van der Waals surface area contributed by atoms with Crippen LogP contribution in [0.25, 0.3) is 0 Å². The summed E-state index contributed by atoms with van der Waals surface area (Å²) in [6, 6.07) is 15.8. The Bertz CT molecular complexity index is 967. The van der Waals surface area contributed by atoms with E-state index < -0.39 is 10.0 Å². The highest BCUT2D eigenvalue weighted by molar-refractivity contribution is 7.88. The number of likely N-dealkylation sites (N-methyl/N-ethyl adjacent to an activating group) is 1. The van der Waals surface area contributed by atoms with Crippen molar-refractivity contribution < 1.29 is 13.2 Å². The Morgan fingerprint density at radius 3 is 2.13 bits per heavy atom. The van der Waals surface area contributed by atoms with E-state index in [4.69, 9.17) is 0 Å². The zero-order valence-corrected chi connectivity index (χ0v) is 19.4. The van der Waals surface area contributed by atoms with Gasteiger partial charge in [0, 0.05) is 45.0 Å². The zero-order chi connectivity index (χ0) is 22.4. The SMILES string of the molecule is Cc1ccc(CN(CC(=O)NCc2ccc(N3CCN(C)CC3)cc2)S(C)(=O)=O)cc1. The number of amides is 1. The molecule has 0 spiro atoms. The standard InChI is InChI=1S/C23H32N4O3S/c1-19-4-6-21(7-5-19)17-27(31(3,29)30)18-23(28)24-16-20-8-10-22(11-9-20)26-14-12-25(2)13-15-26/h4-11H,12-18H2,1-3H3,(H,24,28). The van der Waals surface area contributed by atoms with Crippen LogP contribution in [0.5, 0.6) is 0 Å². The summed E-state index contributed by atoms with van der Waals surface area (Å²) in [5, 5.41) is 2.84. The maximum Gasteiger partial charge on any atom is 0.235 e. The van der Waals surface area contributed by atoms with E-state index >= 15 is 0 Å². The highest BCUT2D eigenvalue weighted by Gasteiger charge is 2.20. The predicted octanol–water partition coefficient (Wildman–Crippen LogP) is 1.82. The van der Waals surface area contributed by atoms with Crippen molar-refractivity contribution in [2.75, 3.05) is 50.9 Å². The molecule has 0 aliphatic carbocycles. The number of aryl methyl sites for hydroxylation is 1. The Hall–Kier alpha value is -2.42. The van der Waals surface area contributed by atoms with Crippen LogP contribution in [0.3, 0.4) is 0 Å². The van der Waals surface area contributed by atoms with E-state index in [1.807, 2.05) is 43.3 Å². The van der Waals surface area contributed by atoms with Gasteiger partial charge in [-0.25, -0.2) is 8.42 Å². The van der Waals surface area contributed by atoms with E-state index in [0.717, 1.165) is 49.1 Å². The first kappa shape index (κ1) is 23.2. The summed E-state index contributed by atoms with van der Waals surface area (Å²) >= 11 is 0. The number of piperazine rings is 1. The number of hydrogen-bond donors (Lipinski definition) is 1. The molecule has 0 unspecified atom stereocenters. The van der Waals surface area contributed by atoms with Crippen LogP contribution in [0.2, 0.25) is 0 Å². The minimum atomic E-state index is -3.51. The Labute approximate surface area is 185 Å². The van der Waals surface area contributed by atoms with E-state index in [1.54, 1.807) is 0 Å². The van der Waals surface area contributed by atoms with Gasteiger partial charge in [0.25, 0.3) is 0 Å². The van der Waals surface area contributed by atoms with Crippen molar-refractivity contribution in [1.29, 1.82) is 0 Å². The topological polar surface area (TPSA) is 73.0 Å². The van der Waals surface area contributed by atoms with Crippen LogP contribution in [0, 0.1) is 6.92 Å². The Morgan fingerprint density at radius 1 is 0.968 bits per heavy atom. The molecule has 0 saturated carbocycles. The van der Waals surface area contributed by atoms with Gasteiger partial charge in [0.2, 0.25) is 15.9 Å². The molecule has 1 saturated heterocycles. The van der Waals surface area contributed by atoms with Crippen molar-refractivity contribution in [2.45, 2.75) is 20.0 Å². The highest BCUT2D eigenvalue weighted by atomic mass is 32.2. The molecule has 7 nitrogen and oxygen atoms in total. The summed E-state index contributed by atoms with van der Waals surface area (Å²) in [5.41, 5.74) is 4.12. The van der Waals surface area contributed by atoms with Gasteiger partial charge in [-0.3, -0.25) is 4.79 Å². The van der Waals surface area contributed by atoms with Crippen LogP contribution in [0.15, 0.2) is 48.5 Å². The van der Waals surface area contributed by atoms with Gasteiger partial charge in [-0.1, -0.05) is 42.0 Å². The van der Waals surface area contributed by atoms with Crippen molar-refractivity contribution >= 4 is 21.6 Å². The number of nitrogens with zero attached hydrogens (tertiary/aromatic N) is 3. The monoisotopic (exact) mass is 444 g/mol. The second-order valence-electron chi connectivity index (χ2n) is 8.25. The average Bonchev–Trinajstić information content (AvgIpc) is 2.74. The molecule has 1 fully saturated rings. The first-order valence-electron chi connectivity index (χ1n) is 10.5. The Kier molecular flexibility index (Phi) is 7.69. The molecule has 2 aromatic rings. The molecule has 2 aromatic carbocycles. The molecule has 0 atom stereocenters. The summed E-state index contributed by atoms with van der Waals surface area (Å²) in [6.07, 6.45) is 1.13. The molecule has 0 aromatic heterocycles. The average molecular weight is 445 g/mol. The lowest BCUT2D eigenvalue weighted by Crippen LogP contribution is -2.44. The molecule has 31 heavy (non-hydrogen) atoms. The minimum absolute atomic E-state index is 0.173. The lowest BCUT2D eigenvalue weighted by Gasteiger charge is -2.34. The molecule has 1 heterocycles. The summed E-state index contributed by atoms with van der Waals surface area (Å²) in [5.74, 6) is -0.319. The van der Waals surface area contributed by atoms with Crippen LogP contribution < -0.4 is 10.2 Å². The number of hydrogen-bond acceptors (Lipinski definition) is 5. The number of nitrogens with one attached hydrogen (secondary N) is 1. The molecule has 1 N–H and O–H groups in total. The molecule has 1 amide bonds. The molecule has 0 radical (unpaired) electrons. The van der Waals surface area contributed by atoms with Gasteiger partial charge >= 0.3 is 0 Å². The maximum atomic E-state index is 12.4. The predicted molar refractivity (Wildman–Crippen MR) is 124 cm³/mol. The number of rotatable bonds is 8. The van der Waals surface area contributed by atoms with Gasteiger partial charge in [0.15, 0.2) is 0 Å². The first-order chi connectivity index (χ1) is 14.7. The lowest BCUT2D eigenvalue weighted by atomic mass is 10.1. The molecule has 8 heteroatoms. The summed E-state index contributed by atoms with van der Waals surface area (Å²) in [6.45, 7) is 6.43. The number of carbonyl (C=O) groups excluding carboxylic acids is 1. The normalized spacial score (nSPS) is 15.3. The van der Waals surface area contributed by atoms with E-state index in [0.29, 0.717) is 6.54 Å². The quantitative estimate of drug-likeness (QED) is 0.673. The van der Waals surface area contributed by atoms with Gasteiger partial charge in [0.1, 0.15) is 0 Å². The second-order valence-corrected chi connectivity index (χ2v) is 10.2. The number of anilines is 1. The van der Waals surface area contributed by atoms with Gasteiger partial charge in [0.05, 0.1) is 12.8 Å². The molecule has 0 bridgehead atoms. The Morgan fingerprint density at radius 2 is 1.55 bits per heavy atom. The van der Waals surface area contributed by atoms with Crippen molar-refractivity contribution in [1.82, 2.24) is 14.5 Å². The third-order valence-corrected chi connectivity index (χ3v) is 6.76. The van der Waals surface area contributed by atoms with Crippen LogP contribution >= 0.6 is 0 Å². The molecule has 1 aliphatic rings. The van der Waals surface area contributed by atoms with Gasteiger partial charge < -0.3 is 15.1 Å². The molecule has 3 rings (SSSR count). The molecule has 168 valence electrons. The van der Waals surface area contributed by atoms with Gasteiger partial charge in [-0.05, 0) is 37.2 Å². The number of sulfonamides is 1. The largest absolute Gasteiger partial charge is 0.369 e. The van der Waals surface area contributed by atoms with E-state index in [-0.39, 0.29) is 19.0 Å². The van der Waals surface area contributed by atoms with Crippen LogP contribution in [-0.2, 0) is 27.9 Å². The third-order valence-electron chi connectivity index (χ3n) is 5.56. The molecule has 1 aliphatic heterocycles. The first-order valence-corrected chi connectivity index (χ1v) is 12.4. The Balaban J connectivity index is 1.53. The van der Waals surface area contributed by atoms with Crippen molar-refractivity contribution in [3.63, 3.8) is 0 Å². The second kappa shape index (κ2) is 10.3. The van der Waals surface area contributed by atoms with Gasteiger partial charge in [-0.15, -0.1) is 0 Å². The van der Waals surface area contributed by atoms with E-state index in [9.17, 15) is 13.2 Å². The fourth-order valence-corrected chi connectivity index (χ4v) is 4.23. The maximum absolute atomic E-state index is 12.4. The fourth-order valence-electron chi connectivity index (χ4n) is 3.49. The van der Waals surface area contributed by atoms with Crippen LogP contribution in [0.1, 0.15) is 16.7 Å². The molecular formula is C23H32N4O3S. The summed E-state index contributed by atoms with van der Waals surface area (Å²) in [7, 11) is -1.38. The van der Waals surface area contributed by atoms with E-state index in [1.165, 1.54) is 9.99 Å². The van der Waals surface area contributed by atoms with Crippen molar-refractivity contribution in [2.24, 2.45) is 0 Å². The number of benzene rings is 2. The van der Waals surface area contributed by atoms with Crippen molar-refractivity contribution in [3.05, 3.63) is 65.2 Å². The fraction of sp³-hybridized carbons (Fsp3) is 0.435.